The predicted molar refractivity (Wildman–Crippen MR) is 39.3 cm³/mol. The summed E-state index contributed by atoms with van der Waals surface area (Å²) in [6, 6.07) is 0. The monoisotopic (exact) mass is 173 g/mol. The van der Waals surface area contributed by atoms with Gasteiger partial charge in [0.05, 0.1) is 0 Å². The Kier molecular flexibility index (Phi) is 1.45. The lowest BCUT2D eigenvalue weighted by Gasteiger charge is -2.12. The summed E-state index contributed by atoms with van der Waals surface area (Å²) in [6.07, 6.45) is 0. The minimum absolute atomic E-state index is 0.112. The molecule has 1 aromatic heterocycles. The van der Waals surface area contributed by atoms with E-state index >= 15 is 0 Å². The lowest BCUT2D eigenvalue weighted by Crippen LogP contribution is -2.49. The third kappa shape index (κ3) is 0.779. The zero-order chi connectivity index (χ0) is 9.46. The highest BCUT2D eigenvalue weighted by Gasteiger charge is 2.20. The molecule has 1 aromatic rings. The summed E-state index contributed by atoms with van der Waals surface area (Å²) >= 11 is 0. The molecule has 0 aliphatic rings. The van der Waals surface area contributed by atoms with E-state index in [2.05, 4.69) is 0 Å². The molecular weight excluding hydrogens is 166 g/mol. The summed E-state index contributed by atoms with van der Waals surface area (Å²) in [5.41, 5.74) is 15.1. The lowest BCUT2D eigenvalue weighted by atomic mass is 10.5. The Morgan fingerprint density at radius 1 is 1.00 bits per heavy atom. The summed E-state index contributed by atoms with van der Waals surface area (Å²) in [5, 5.41) is 30.5. The van der Waals surface area contributed by atoms with Crippen LogP contribution in [0.1, 0.15) is 0 Å². The van der Waals surface area contributed by atoms with Gasteiger partial charge in [-0.15, -0.1) is 0 Å². The van der Waals surface area contributed by atoms with Gasteiger partial charge in [0.15, 0.2) is 0 Å². The molecule has 0 bridgehead atoms. The molecule has 8 nitrogen and oxygen atoms in total. The molecule has 0 saturated carbocycles. The van der Waals surface area contributed by atoms with Crippen molar-refractivity contribution in [3.05, 3.63) is 10.4 Å². The molecule has 1 heterocycles. The molecule has 0 fully saturated rings. The number of anilines is 3. The fourth-order valence-electron chi connectivity index (χ4n) is 0.653. The number of aromatic hydroxyl groups is 1. The van der Waals surface area contributed by atoms with Crippen molar-refractivity contribution in [3.8, 4) is 5.75 Å². The molecule has 66 valence electrons. The van der Waals surface area contributed by atoms with Gasteiger partial charge in [0.1, 0.15) is 0 Å². The minimum Gasteiger partial charge on any atom is -0.706 e. The number of hydrogen-bond acceptors (Lipinski definition) is 6. The average Bonchev–Trinajstić information content (AvgIpc) is 2.08. The van der Waals surface area contributed by atoms with Crippen molar-refractivity contribution in [2.45, 2.75) is 0 Å². The van der Waals surface area contributed by atoms with Crippen molar-refractivity contribution in [1.82, 2.24) is 0 Å². The molecule has 0 radical (unpaired) electrons. The Bertz CT molecular complexity index is 233. The number of nitrogen functional groups attached to an aromatic ring is 3. The van der Waals surface area contributed by atoms with Gasteiger partial charge in [-0.3, -0.25) is 5.73 Å². The fourth-order valence-corrected chi connectivity index (χ4v) is 0.653. The summed E-state index contributed by atoms with van der Waals surface area (Å²) < 4.78 is -0.225. The van der Waals surface area contributed by atoms with E-state index in [1.165, 1.54) is 0 Å². The number of rotatable bonds is 0. The quantitative estimate of drug-likeness (QED) is 0.249. The Morgan fingerprint density at radius 3 is 1.67 bits per heavy atom. The number of nitrogens with zero attached hydrogens (tertiary/aromatic N) is 2. The van der Waals surface area contributed by atoms with Crippen molar-refractivity contribution in [2.75, 3.05) is 17.2 Å². The molecule has 0 atom stereocenters. The van der Waals surface area contributed by atoms with E-state index in [9.17, 15) is 10.4 Å². The maximum atomic E-state index is 10.8. The normalized spacial score (nSPS) is 10.0. The van der Waals surface area contributed by atoms with Crippen LogP contribution in [0.25, 0.3) is 0 Å². The molecule has 7 N–H and O–H groups in total. The van der Waals surface area contributed by atoms with Crippen molar-refractivity contribution < 1.29 is 14.6 Å². The van der Waals surface area contributed by atoms with Gasteiger partial charge in [-0.25, -0.2) is 5.73 Å². The van der Waals surface area contributed by atoms with Crippen LogP contribution in [0.3, 0.4) is 0 Å². The number of aromatic nitrogens is 2. The second kappa shape index (κ2) is 2.19. The van der Waals surface area contributed by atoms with Gasteiger partial charge < -0.3 is 21.3 Å². The van der Waals surface area contributed by atoms with Gasteiger partial charge in [-0.05, 0) is 0 Å². The summed E-state index contributed by atoms with van der Waals surface area (Å²) in [4.78, 5) is 0. The molecule has 0 amide bonds. The van der Waals surface area contributed by atoms with Gasteiger partial charge >= 0.3 is 11.8 Å². The van der Waals surface area contributed by atoms with E-state index in [1.54, 1.807) is 0 Å². The van der Waals surface area contributed by atoms with Gasteiger partial charge in [0.2, 0.25) is 5.82 Å². The Hall–Kier alpha value is -2.12. The van der Waals surface area contributed by atoms with E-state index in [4.69, 9.17) is 22.3 Å². The largest absolute Gasteiger partial charge is 0.706 e. The third-order valence-corrected chi connectivity index (χ3v) is 1.34. The zero-order valence-corrected chi connectivity index (χ0v) is 5.89. The van der Waals surface area contributed by atoms with Crippen LogP contribution in [0.15, 0.2) is 0 Å². The van der Waals surface area contributed by atoms with Crippen LogP contribution in [0.4, 0.5) is 17.6 Å². The Morgan fingerprint density at radius 2 is 1.33 bits per heavy atom. The van der Waals surface area contributed by atoms with Gasteiger partial charge in [-0.2, -0.15) is 9.46 Å². The van der Waals surface area contributed by atoms with Crippen molar-refractivity contribution in [3.63, 3.8) is 0 Å². The predicted octanol–water partition coefficient (Wildman–Crippen LogP) is -2.59. The molecule has 0 unspecified atom stereocenters. The summed E-state index contributed by atoms with van der Waals surface area (Å²) in [7, 11) is 0. The first-order valence-corrected chi connectivity index (χ1v) is 2.85. The number of hydrogen-bond donors (Lipinski definition) is 4. The van der Waals surface area contributed by atoms with Crippen LogP contribution < -0.4 is 26.7 Å². The molecule has 12 heavy (non-hydrogen) atoms. The SMILES string of the molecule is Nc1c(O)c(N)[n+]([O-])c(N)[n+]1[O-]. The van der Waals surface area contributed by atoms with Crippen molar-refractivity contribution in [2.24, 2.45) is 0 Å². The van der Waals surface area contributed by atoms with Crippen LogP contribution >= 0.6 is 0 Å². The maximum Gasteiger partial charge on any atom is 0.451 e. The van der Waals surface area contributed by atoms with Gasteiger partial charge in [-0.1, -0.05) is 0 Å². The fraction of sp³-hybridized carbons (Fsp3) is 0. The molecule has 0 spiro atoms. The van der Waals surface area contributed by atoms with Crippen LogP contribution in [0, 0.1) is 10.4 Å². The van der Waals surface area contributed by atoms with Crippen LogP contribution in [-0.2, 0) is 0 Å². The molecule has 0 aromatic carbocycles. The average molecular weight is 173 g/mol. The highest BCUT2D eigenvalue weighted by Crippen LogP contribution is 2.20. The maximum absolute atomic E-state index is 10.8. The smallest absolute Gasteiger partial charge is 0.451 e. The van der Waals surface area contributed by atoms with Crippen LogP contribution in [-0.4, -0.2) is 5.11 Å². The summed E-state index contributed by atoms with van der Waals surface area (Å²) in [5.74, 6) is -2.70. The minimum atomic E-state index is -0.769. The third-order valence-electron chi connectivity index (χ3n) is 1.34. The van der Waals surface area contributed by atoms with Crippen molar-refractivity contribution >= 4 is 17.6 Å². The summed E-state index contributed by atoms with van der Waals surface area (Å²) in [6.45, 7) is 0. The van der Waals surface area contributed by atoms with Crippen LogP contribution in [0.5, 0.6) is 5.75 Å². The van der Waals surface area contributed by atoms with E-state index in [-0.39, 0.29) is 9.46 Å². The highest BCUT2D eigenvalue weighted by molar-refractivity contribution is 5.53. The molecule has 0 aliphatic carbocycles. The standard InChI is InChI=1S/C4H7N5O3/c5-2-1(10)3(6)9(12)4(7)8(2)11/h10H,5-7H2. The van der Waals surface area contributed by atoms with E-state index in [0.29, 0.717) is 0 Å². The second-order valence-corrected chi connectivity index (χ2v) is 2.07. The van der Waals surface area contributed by atoms with E-state index < -0.39 is 23.3 Å². The van der Waals surface area contributed by atoms with E-state index in [0.717, 1.165) is 0 Å². The first kappa shape index (κ1) is 7.98. The van der Waals surface area contributed by atoms with Crippen LogP contribution in [0.2, 0.25) is 0 Å². The Labute approximate surface area is 66.6 Å². The first-order chi connectivity index (χ1) is 5.46. The molecule has 8 heteroatoms. The lowest BCUT2D eigenvalue weighted by molar-refractivity contribution is -0.703. The second-order valence-electron chi connectivity index (χ2n) is 2.07. The number of nitrogens with two attached hydrogens (primary N) is 3. The van der Waals surface area contributed by atoms with E-state index in [1.807, 2.05) is 0 Å². The zero-order valence-electron chi connectivity index (χ0n) is 5.89. The molecule has 0 aliphatic heterocycles. The van der Waals surface area contributed by atoms with Crippen molar-refractivity contribution in [1.29, 1.82) is 0 Å². The molecular formula is C4H7N5O3. The molecule has 0 saturated heterocycles. The molecule has 1 rings (SSSR count). The topological polar surface area (TPSA) is 152 Å². The van der Waals surface area contributed by atoms with Gasteiger partial charge in [0, 0.05) is 0 Å². The first-order valence-electron chi connectivity index (χ1n) is 2.85. The Balaban J connectivity index is 3.60. The highest BCUT2D eigenvalue weighted by atomic mass is 16.5. The van der Waals surface area contributed by atoms with Gasteiger partial charge in [0.25, 0.3) is 5.75 Å².